The number of rotatable bonds is 5. The Labute approximate surface area is 109 Å². The standard InChI is InChI=1S/C13H20N2O2S/c1-10-5-6-13(7-12(10)8-14)18(16,17)15-9-11-3-2-4-11/h5-7,11,15H,2-4,8-9,14H2,1H3. The van der Waals surface area contributed by atoms with E-state index in [-0.39, 0.29) is 0 Å². The number of nitrogens with two attached hydrogens (primary N) is 1. The van der Waals surface area contributed by atoms with Crippen LogP contribution in [0.1, 0.15) is 30.4 Å². The lowest BCUT2D eigenvalue weighted by Gasteiger charge is -2.25. The Balaban J connectivity index is 2.12. The molecule has 1 saturated carbocycles. The minimum Gasteiger partial charge on any atom is -0.326 e. The van der Waals surface area contributed by atoms with Gasteiger partial charge in [0.1, 0.15) is 0 Å². The zero-order valence-electron chi connectivity index (χ0n) is 10.6. The highest BCUT2D eigenvalue weighted by molar-refractivity contribution is 7.89. The van der Waals surface area contributed by atoms with Gasteiger partial charge in [0.05, 0.1) is 4.90 Å². The molecule has 1 aromatic rings. The molecule has 1 aromatic carbocycles. The summed E-state index contributed by atoms with van der Waals surface area (Å²) in [5, 5.41) is 0. The lowest BCUT2D eigenvalue weighted by Crippen LogP contribution is -2.32. The fourth-order valence-electron chi connectivity index (χ4n) is 2.04. The van der Waals surface area contributed by atoms with Crippen molar-refractivity contribution in [1.29, 1.82) is 0 Å². The molecule has 1 aliphatic rings. The maximum absolute atomic E-state index is 12.1. The van der Waals surface area contributed by atoms with E-state index < -0.39 is 10.0 Å². The zero-order valence-corrected chi connectivity index (χ0v) is 11.5. The molecule has 1 fully saturated rings. The highest BCUT2D eigenvalue weighted by atomic mass is 32.2. The molecule has 0 aromatic heterocycles. The van der Waals surface area contributed by atoms with Crippen molar-refractivity contribution in [1.82, 2.24) is 4.72 Å². The van der Waals surface area contributed by atoms with E-state index in [4.69, 9.17) is 5.73 Å². The van der Waals surface area contributed by atoms with Crippen molar-refractivity contribution in [3.63, 3.8) is 0 Å². The van der Waals surface area contributed by atoms with Crippen LogP contribution in [0.5, 0.6) is 0 Å². The molecule has 2 rings (SSSR count). The second-order valence-electron chi connectivity index (χ2n) is 4.94. The van der Waals surface area contributed by atoms with Crippen molar-refractivity contribution < 1.29 is 8.42 Å². The first-order valence-corrected chi connectivity index (χ1v) is 7.80. The predicted octanol–water partition coefficient (Wildman–Crippen LogP) is 1.53. The highest BCUT2D eigenvalue weighted by Gasteiger charge is 2.21. The van der Waals surface area contributed by atoms with Crippen molar-refractivity contribution in [3.8, 4) is 0 Å². The zero-order chi connectivity index (χ0) is 13.2. The topological polar surface area (TPSA) is 72.2 Å². The molecule has 0 bridgehead atoms. The second-order valence-corrected chi connectivity index (χ2v) is 6.71. The number of aryl methyl sites for hydroxylation is 1. The van der Waals surface area contributed by atoms with Crippen LogP contribution in [0.4, 0.5) is 0 Å². The number of hydrogen-bond donors (Lipinski definition) is 2. The quantitative estimate of drug-likeness (QED) is 0.850. The average Bonchev–Trinajstić information content (AvgIpc) is 2.27. The Morgan fingerprint density at radius 1 is 1.39 bits per heavy atom. The number of nitrogens with one attached hydrogen (secondary N) is 1. The minimum atomic E-state index is -3.39. The molecule has 0 amide bonds. The second kappa shape index (κ2) is 5.38. The Morgan fingerprint density at radius 3 is 2.67 bits per heavy atom. The van der Waals surface area contributed by atoms with Gasteiger partial charge < -0.3 is 5.73 Å². The largest absolute Gasteiger partial charge is 0.326 e. The lowest BCUT2D eigenvalue weighted by atomic mass is 9.86. The van der Waals surface area contributed by atoms with Crippen LogP contribution in [-0.2, 0) is 16.6 Å². The molecule has 5 heteroatoms. The van der Waals surface area contributed by atoms with Gasteiger partial charge in [-0.15, -0.1) is 0 Å². The summed E-state index contributed by atoms with van der Waals surface area (Å²) in [7, 11) is -3.39. The van der Waals surface area contributed by atoms with E-state index >= 15 is 0 Å². The van der Waals surface area contributed by atoms with Crippen LogP contribution < -0.4 is 10.5 Å². The van der Waals surface area contributed by atoms with Crippen molar-refractivity contribution >= 4 is 10.0 Å². The van der Waals surface area contributed by atoms with Gasteiger partial charge in [0, 0.05) is 13.1 Å². The highest BCUT2D eigenvalue weighted by Crippen LogP contribution is 2.26. The maximum atomic E-state index is 12.1. The van der Waals surface area contributed by atoms with Gasteiger partial charge in [-0.05, 0) is 48.9 Å². The van der Waals surface area contributed by atoms with E-state index in [9.17, 15) is 8.42 Å². The number of hydrogen-bond acceptors (Lipinski definition) is 3. The van der Waals surface area contributed by atoms with Crippen LogP contribution in [0, 0.1) is 12.8 Å². The molecule has 0 radical (unpaired) electrons. The van der Waals surface area contributed by atoms with E-state index in [1.807, 2.05) is 6.92 Å². The molecule has 4 nitrogen and oxygen atoms in total. The molecule has 1 aliphatic carbocycles. The molecule has 0 aliphatic heterocycles. The molecule has 18 heavy (non-hydrogen) atoms. The third kappa shape index (κ3) is 2.91. The minimum absolute atomic E-state index is 0.313. The van der Waals surface area contributed by atoms with Gasteiger partial charge in [-0.1, -0.05) is 12.5 Å². The van der Waals surface area contributed by atoms with Crippen LogP contribution in [0.2, 0.25) is 0 Å². The smallest absolute Gasteiger partial charge is 0.240 e. The van der Waals surface area contributed by atoms with Crippen LogP contribution in [0.15, 0.2) is 23.1 Å². The molecule has 0 unspecified atom stereocenters. The SMILES string of the molecule is Cc1ccc(S(=O)(=O)NCC2CCC2)cc1CN. The third-order valence-corrected chi connectivity index (χ3v) is 5.06. The first-order chi connectivity index (χ1) is 8.53. The van der Waals surface area contributed by atoms with Crippen molar-refractivity contribution in [2.45, 2.75) is 37.6 Å². The molecule has 0 spiro atoms. The van der Waals surface area contributed by atoms with Crippen LogP contribution >= 0.6 is 0 Å². The van der Waals surface area contributed by atoms with Crippen molar-refractivity contribution in [2.24, 2.45) is 11.7 Å². The summed E-state index contributed by atoms with van der Waals surface area (Å²) in [6.45, 7) is 2.84. The van der Waals surface area contributed by atoms with E-state index in [1.165, 1.54) is 6.42 Å². The van der Waals surface area contributed by atoms with Crippen LogP contribution in [-0.4, -0.2) is 15.0 Å². The maximum Gasteiger partial charge on any atom is 0.240 e. The molecule has 0 atom stereocenters. The Bertz CT molecular complexity index is 522. The van der Waals surface area contributed by atoms with Gasteiger partial charge in [0.15, 0.2) is 0 Å². The van der Waals surface area contributed by atoms with E-state index in [1.54, 1.807) is 18.2 Å². The van der Waals surface area contributed by atoms with Crippen LogP contribution in [0.3, 0.4) is 0 Å². The number of sulfonamides is 1. The molecular formula is C13H20N2O2S. The van der Waals surface area contributed by atoms with Gasteiger partial charge >= 0.3 is 0 Å². The fourth-order valence-corrected chi connectivity index (χ4v) is 3.21. The normalized spacial score (nSPS) is 16.6. The summed E-state index contributed by atoms with van der Waals surface area (Å²) in [5.74, 6) is 0.513. The van der Waals surface area contributed by atoms with Gasteiger partial charge in [0.2, 0.25) is 10.0 Å². The average molecular weight is 268 g/mol. The molecule has 3 N–H and O–H groups in total. The van der Waals surface area contributed by atoms with Crippen LogP contribution in [0.25, 0.3) is 0 Å². The lowest BCUT2D eigenvalue weighted by molar-refractivity contribution is 0.316. The molecular weight excluding hydrogens is 248 g/mol. The monoisotopic (exact) mass is 268 g/mol. The summed E-state index contributed by atoms with van der Waals surface area (Å²) in [5.41, 5.74) is 7.50. The Kier molecular flexibility index (Phi) is 4.04. The summed E-state index contributed by atoms with van der Waals surface area (Å²) in [6, 6.07) is 5.11. The van der Waals surface area contributed by atoms with E-state index in [2.05, 4.69) is 4.72 Å². The first-order valence-electron chi connectivity index (χ1n) is 6.32. The van der Waals surface area contributed by atoms with Gasteiger partial charge in [-0.25, -0.2) is 13.1 Å². The summed E-state index contributed by atoms with van der Waals surface area (Å²) >= 11 is 0. The van der Waals surface area contributed by atoms with E-state index in [0.717, 1.165) is 24.0 Å². The third-order valence-electron chi connectivity index (χ3n) is 3.64. The van der Waals surface area contributed by atoms with E-state index in [0.29, 0.717) is 23.9 Å². The first kappa shape index (κ1) is 13.5. The Hall–Kier alpha value is -0.910. The Morgan fingerprint density at radius 2 is 2.11 bits per heavy atom. The molecule has 0 heterocycles. The number of benzene rings is 1. The molecule has 0 saturated heterocycles. The summed E-state index contributed by atoms with van der Waals surface area (Å²) in [6.07, 6.45) is 3.48. The van der Waals surface area contributed by atoms with Crippen molar-refractivity contribution in [2.75, 3.05) is 6.54 Å². The van der Waals surface area contributed by atoms with Gasteiger partial charge in [-0.3, -0.25) is 0 Å². The van der Waals surface area contributed by atoms with Gasteiger partial charge in [0.25, 0.3) is 0 Å². The molecule has 100 valence electrons. The van der Waals surface area contributed by atoms with Gasteiger partial charge in [-0.2, -0.15) is 0 Å². The van der Waals surface area contributed by atoms with Crippen molar-refractivity contribution in [3.05, 3.63) is 29.3 Å². The fraction of sp³-hybridized carbons (Fsp3) is 0.538. The summed E-state index contributed by atoms with van der Waals surface area (Å²) in [4.78, 5) is 0.313. The summed E-state index contributed by atoms with van der Waals surface area (Å²) < 4.78 is 26.9. The predicted molar refractivity (Wildman–Crippen MR) is 71.6 cm³/mol.